The Morgan fingerprint density at radius 3 is 0.714 bits per heavy atom. The third-order valence-electron chi connectivity index (χ3n) is 9.97. The summed E-state index contributed by atoms with van der Waals surface area (Å²) in [4.78, 5) is 0. The number of hydrogen-bond donors (Lipinski definition) is 1. The average molecular weight is 723 g/mol. The Hall–Kier alpha value is -3.60. The maximum absolute atomic E-state index is 7.38. The van der Waals surface area contributed by atoms with Gasteiger partial charge in [0.1, 0.15) is 57.2 Å². The summed E-state index contributed by atoms with van der Waals surface area (Å²) in [6.45, 7) is 0. The van der Waals surface area contributed by atoms with Gasteiger partial charge in [0, 0.05) is 11.1 Å². The molecular formula is C44H37P3S2+2. The molecule has 5 heteroatoms. The highest BCUT2D eigenvalue weighted by Crippen LogP contribution is 2.97. The van der Waals surface area contributed by atoms with Crippen molar-refractivity contribution in [1.29, 1.82) is 0 Å². The normalized spacial score (nSPS) is 18.9. The SMILES string of the molecule is S=P1(S)C([P+](c2ccccc2)(c2ccccc2)c2ccccc2)c2ccccc2C1[P+](c1ccccc1)(c1ccccc1)c1ccccc1. The predicted molar refractivity (Wildman–Crippen MR) is 225 cm³/mol. The minimum absolute atomic E-state index is 0.0160. The van der Waals surface area contributed by atoms with Gasteiger partial charge in [-0.2, -0.15) is 0 Å². The number of fused-ring (bicyclic) bond motifs is 1. The molecule has 8 rings (SSSR count). The fraction of sp³-hybridized carbons (Fsp3) is 0.0455. The molecule has 238 valence electrons. The van der Waals surface area contributed by atoms with Crippen molar-refractivity contribution in [2.45, 2.75) is 10.8 Å². The lowest BCUT2D eigenvalue weighted by Gasteiger charge is -2.40. The molecule has 2 atom stereocenters. The number of hydrogen-bond acceptors (Lipinski definition) is 1. The molecule has 7 aromatic rings. The third-order valence-corrected chi connectivity index (χ3v) is 29.6. The maximum Gasteiger partial charge on any atom is 0.149 e. The molecule has 1 aliphatic rings. The van der Waals surface area contributed by atoms with E-state index in [2.05, 4.69) is 206 Å². The second-order valence-electron chi connectivity index (χ2n) is 12.5. The summed E-state index contributed by atoms with van der Waals surface area (Å²) >= 11 is 13.4. The second kappa shape index (κ2) is 13.6. The predicted octanol–water partition coefficient (Wildman–Crippen LogP) is 10.0. The van der Waals surface area contributed by atoms with E-state index in [0.29, 0.717) is 0 Å². The molecule has 0 bridgehead atoms. The lowest BCUT2D eigenvalue weighted by Crippen LogP contribution is -2.35. The number of rotatable bonds is 8. The first-order valence-corrected chi connectivity index (χ1v) is 24.4. The average Bonchev–Trinajstić information content (AvgIpc) is 3.42. The summed E-state index contributed by atoms with van der Waals surface area (Å²) in [5, 5.41) is 5.46. The van der Waals surface area contributed by atoms with E-state index < -0.39 is 19.8 Å². The molecule has 0 aliphatic carbocycles. The van der Waals surface area contributed by atoms with Crippen LogP contribution < -0.4 is 31.8 Å². The van der Waals surface area contributed by atoms with Crippen molar-refractivity contribution < 1.29 is 0 Å². The smallest absolute Gasteiger partial charge is 0.133 e. The van der Waals surface area contributed by atoms with Gasteiger partial charge < -0.3 is 0 Å². The van der Waals surface area contributed by atoms with Gasteiger partial charge in [-0.1, -0.05) is 145 Å². The lowest BCUT2D eigenvalue weighted by atomic mass is 10.1. The topological polar surface area (TPSA) is 0 Å². The van der Waals surface area contributed by atoms with Crippen LogP contribution >= 0.6 is 32.0 Å². The number of benzene rings is 7. The molecule has 1 heterocycles. The summed E-state index contributed by atoms with van der Waals surface area (Å²) in [6, 6.07) is 76.6. The van der Waals surface area contributed by atoms with Crippen molar-refractivity contribution in [2.24, 2.45) is 0 Å². The first-order chi connectivity index (χ1) is 24.1. The van der Waals surface area contributed by atoms with E-state index in [-0.39, 0.29) is 10.8 Å². The van der Waals surface area contributed by atoms with Crippen molar-refractivity contribution in [3.05, 3.63) is 217 Å². The molecule has 0 saturated heterocycles. The van der Waals surface area contributed by atoms with Crippen molar-refractivity contribution >= 4 is 75.6 Å². The van der Waals surface area contributed by atoms with Crippen LogP contribution in [-0.4, -0.2) is 0 Å². The summed E-state index contributed by atoms with van der Waals surface area (Å²) in [7, 11) is -4.90. The zero-order valence-electron chi connectivity index (χ0n) is 27.0. The molecule has 0 N–H and O–H groups in total. The lowest BCUT2D eigenvalue weighted by molar-refractivity contribution is 1.29. The van der Waals surface area contributed by atoms with Gasteiger partial charge in [0.25, 0.3) is 0 Å². The van der Waals surface area contributed by atoms with Crippen LogP contribution in [0.5, 0.6) is 0 Å². The molecule has 1 aliphatic heterocycles. The minimum atomic E-state index is -2.65. The summed E-state index contributed by atoms with van der Waals surface area (Å²) in [5.41, 5.74) is 2.73. The van der Waals surface area contributed by atoms with E-state index in [9.17, 15) is 0 Å². The van der Waals surface area contributed by atoms with E-state index in [4.69, 9.17) is 24.1 Å². The van der Waals surface area contributed by atoms with Gasteiger partial charge in [-0.05, 0) is 72.8 Å². The molecule has 0 spiro atoms. The van der Waals surface area contributed by atoms with Crippen molar-refractivity contribution in [3.8, 4) is 0 Å². The Labute approximate surface area is 302 Å². The summed E-state index contributed by atoms with van der Waals surface area (Å²) in [6.07, 6.45) is 0. The molecular weight excluding hydrogens is 686 g/mol. The van der Waals surface area contributed by atoms with Crippen LogP contribution in [0.4, 0.5) is 0 Å². The molecule has 0 fully saturated rings. The first-order valence-electron chi connectivity index (χ1n) is 16.6. The van der Waals surface area contributed by atoms with Crippen molar-refractivity contribution in [1.82, 2.24) is 0 Å². The zero-order valence-corrected chi connectivity index (χ0v) is 31.4. The van der Waals surface area contributed by atoms with E-state index in [1.807, 2.05) is 0 Å². The van der Waals surface area contributed by atoms with Crippen LogP contribution in [0, 0.1) is 0 Å². The molecule has 0 nitrogen and oxygen atoms in total. The second-order valence-corrected chi connectivity index (χ2v) is 27.3. The summed E-state index contributed by atoms with van der Waals surface area (Å²) in [5.74, 6) is 0. The van der Waals surface area contributed by atoms with Gasteiger partial charge >= 0.3 is 0 Å². The zero-order chi connectivity index (χ0) is 33.3. The molecule has 0 aromatic heterocycles. The Kier molecular flexibility index (Phi) is 9.05. The van der Waals surface area contributed by atoms with Gasteiger partial charge in [0.2, 0.25) is 0 Å². The Bertz CT molecular complexity index is 1860. The van der Waals surface area contributed by atoms with Gasteiger partial charge in [0.15, 0.2) is 0 Å². The standard InChI is InChI=1S/C44H36P3S2/c48-47(49)43(45(35-21-7-1-8-22-35,36-23-9-2-10-24-36)37-25-11-3-12-26-37)41-33-19-20-34-42(41)44(47)46(38-27-13-4-14-28-38,39-29-15-5-16-30-39)40-31-17-6-18-32-40/h1-34,43-44H/q+1/p+1. The fourth-order valence-corrected chi connectivity index (χ4v) is 32.6. The molecule has 0 saturated carbocycles. The van der Waals surface area contributed by atoms with Crippen LogP contribution in [-0.2, 0) is 11.8 Å². The molecule has 0 amide bonds. The van der Waals surface area contributed by atoms with Crippen LogP contribution in [0.2, 0.25) is 0 Å². The van der Waals surface area contributed by atoms with E-state index in [1.165, 1.54) is 43.0 Å². The summed E-state index contributed by atoms with van der Waals surface area (Å²) < 4.78 is 0. The van der Waals surface area contributed by atoms with Gasteiger partial charge in [-0.15, -0.1) is 12.2 Å². The first kappa shape index (κ1) is 32.6. The Balaban J connectivity index is 1.54. The van der Waals surface area contributed by atoms with Gasteiger partial charge in [-0.3, -0.25) is 0 Å². The highest BCUT2D eigenvalue weighted by molar-refractivity contribution is 8.66. The van der Waals surface area contributed by atoms with E-state index in [1.54, 1.807) is 0 Å². The van der Waals surface area contributed by atoms with Crippen molar-refractivity contribution in [3.63, 3.8) is 0 Å². The molecule has 7 aromatic carbocycles. The van der Waals surface area contributed by atoms with Crippen molar-refractivity contribution in [2.75, 3.05) is 0 Å². The monoisotopic (exact) mass is 722 g/mol. The highest BCUT2D eigenvalue weighted by Gasteiger charge is 2.70. The third kappa shape index (κ3) is 5.24. The molecule has 0 radical (unpaired) electrons. The fourth-order valence-electron chi connectivity index (χ4n) is 8.15. The maximum atomic E-state index is 7.38. The minimum Gasteiger partial charge on any atom is -0.133 e. The van der Waals surface area contributed by atoms with E-state index >= 15 is 0 Å². The Morgan fingerprint density at radius 1 is 0.327 bits per heavy atom. The quantitative estimate of drug-likeness (QED) is 0.120. The molecule has 2 unspecified atom stereocenters. The van der Waals surface area contributed by atoms with Crippen LogP contribution in [0.25, 0.3) is 0 Å². The van der Waals surface area contributed by atoms with E-state index in [0.717, 1.165) is 0 Å². The molecule has 49 heavy (non-hydrogen) atoms. The van der Waals surface area contributed by atoms with Crippen LogP contribution in [0.1, 0.15) is 21.9 Å². The Morgan fingerprint density at radius 2 is 0.510 bits per heavy atom. The largest absolute Gasteiger partial charge is 0.149 e. The van der Waals surface area contributed by atoms with Crippen LogP contribution in [0.3, 0.4) is 0 Å². The van der Waals surface area contributed by atoms with Gasteiger partial charge in [0.05, 0.1) is 5.24 Å². The van der Waals surface area contributed by atoms with Crippen LogP contribution in [0.15, 0.2) is 206 Å². The van der Waals surface area contributed by atoms with Gasteiger partial charge in [-0.25, -0.2) is 0 Å². The number of thiol groups is 1. The highest BCUT2D eigenvalue weighted by atomic mass is 32.9.